The van der Waals surface area contributed by atoms with Gasteiger partial charge in [-0.1, -0.05) is 15.9 Å². The topological polar surface area (TPSA) is 29.5 Å². The Kier molecular flexibility index (Phi) is 2.61. The standard InChI is InChI=1S/C13H20BrNO2/c1-15(17-2)11(16)12-4-9-3-10(5-12)7-13(14,6-9)8-12/h9-10H,3-8H2,1-2H3. The first-order chi connectivity index (χ1) is 7.96. The SMILES string of the molecule is CON(C)C(=O)C12CC3CC(CC(Br)(C3)C1)C2. The average molecular weight is 302 g/mol. The molecule has 1 amide bonds. The molecule has 4 bridgehead atoms. The van der Waals surface area contributed by atoms with Gasteiger partial charge in [0.15, 0.2) is 0 Å². The molecule has 4 heteroatoms. The summed E-state index contributed by atoms with van der Waals surface area (Å²) in [4.78, 5) is 17.7. The van der Waals surface area contributed by atoms with Crippen LogP contribution in [0.2, 0.25) is 0 Å². The zero-order chi connectivity index (χ0) is 12.3. The molecule has 4 aliphatic rings. The monoisotopic (exact) mass is 301 g/mol. The Hall–Kier alpha value is -0.0900. The van der Waals surface area contributed by atoms with Gasteiger partial charge in [0.2, 0.25) is 0 Å². The molecule has 0 saturated heterocycles. The summed E-state index contributed by atoms with van der Waals surface area (Å²) in [7, 11) is 3.31. The van der Waals surface area contributed by atoms with Gasteiger partial charge < -0.3 is 0 Å². The van der Waals surface area contributed by atoms with E-state index in [0.29, 0.717) is 0 Å². The van der Waals surface area contributed by atoms with Gasteiger partial charge in [-0.2, -0.15) is 0 Å². The molecule has 17 heavy (non-hydrogen) atoms. The molecule has 0 aromatic carbocycles. The van der Waals surface area contributed by atoms with Crippen LogP contribution in [-0.4, -0.2) is 29.5 Å². The lowest BCUT2D eigenvalue weighted by molar-refractivity contribution is -0.191. The summed E-state index contributed by atoms with van der Waals surface area (Å²) < 4.78 is 0.237. The minimum absolute atomic E-state index is 0.141. The van der Waals surface area contributed by atoms with E-state index in [1.165, 1.54) is 24.3 Å². The first-order valence-electron chi connectivity index (χ1n) is 6.48. The van der Waals surface area contributed by atoms with E-state index in [1.54, 1.807) is 14.2 Å². The number of carbonyl (C=O) groups is 1. The fourth-order valence-electron chi connectivity index (χ4n) is 4.82. The molecular weight excluding hydrogens is 282 g/mol. The number of nitrogens with zero attached hydrogens (tertiary/aromatic N) is 1. The molecule has 0 N–H and O–H groups in total. The van der Waals surface area contributed by atoms with Gasteiger partial charge in [0.05, 0.1) is 12.5 Å². The van der Waals surface area contributed by atoms with Crippen molar-refractivity contribution in [1.29, 1.82) is 0 Å². The van der Waals surface area contributed by atoms with E-state index in [1.807, 2.05) is 0 Å². The summed E-state index contributed by atoms with van der Waals surface area (Å²) in [5, 5.41) is 1.43. The molecule has 4 fully saturated rings. The Morgan fingerprint density at radius 3 is 2.35 bits per heavy atom. The Labute approximate surface area is 111 Å². The number of halogens is 1. The molecule has 0 radical (unpaired) electrons. The van der Waals surface area contributed by atoms with Crippen molar-refractivity contribution in [2.45, 2.75) is 42.8 Å². The number of hydrogen-bond acceptors (Lipinski definition) is 2. The van der Waals surface area contributed by atoms with Crippen molar-refractivity contribution < 1.29 is 9.63 Å². The highest BCUT2D eigenvalue weighted by molar-refractivity contribution is 9.10. The van der Waals surface area contributed by atoms with E-state index in [2.05, 4.69) is 15.9 Å². The van der Waals surface area contributed by atoms with Crippen LogP contribution in [0.5, 0.6) is 0 Å². The smallest absolute Gasteiger partial charge is 0.252 e. The minimum atomic E-state index is -0.141. The third-order valence-corrected chi connectivity index (χ3v) is 5.93. The molecule has 96 valence electrons. The van der Waals surface area contributed by atoms with Crippen LogP contribution >= 0.6 is 15.9 Å². The van der Waals surface area contributed by atoms with Gasteiger partial charge in [0, 0.05) is 11.4 Å². The molecule has 2 atom stereocenters. The lowest BCUT2D eigenvalue weighted by Gasteiger charge is -2.59. The lowest BCUT2D eigenvalue weighted by atomic mass is 9.49. The van der Waals surface area contributed by atoms with Gasteiger partial charge in [0.25, 0.3) is 5.91 Å². The van der Waals surface area contributed by atoms with Crippen molar-refractivity contribution >= 4 is 21.8 Å². The predicted molar refractivity (Wildman–Crippen MR) is 68.6 cm³/mol. The van der Waals surface area contributed by atoms with E-state index in [-0.39, 0.29) is 15.6 Å². The highest BCUT2D eigenvalue weighted by Gasteiger charge is 2.60. The van der Waals surface area contributed by atoms with E-state index in [4.69, 9.17) is 4.84 Å². The molecule has 0 aromatic heterocycles. The van der Waals surface area contributed by atoms with Crippen LogP contribution in [0.4, 0.5) is 0 Å². The number of hydrogen-bond donors (Lipinski definition) is 0. The number of rotatable bonds is 2. The molecule has 4 saturated carbocycles. The minimum Gasteiger partial charge on any atom is -0.275 e. The summed E-state index contributed by atoms with van der Waals surface area (Å²) in [6.45, 7) is 0. The lowest BCUT2D eigenvalue weighted by Crippen LogP contribution is -2.58. The molecule has 2 unspecified atom stereocenters. The van der Waals surface area contributed by atoms with Crippen molar-refractivity contribution in [3.63, 3.8) is 0 Å². The van der Waals surface area contributed by atoms with Crippen molar-refractivity contribution in [2.75, 3.05) is 14.2 Å². The van der Waals surface area contributed by atoms with Crippen LogP contribution in [0, 0.1) is 17.3 Å². The van der Waals surface area contributed by atoms with Gasteiger partial charge in [-0.05, 0) is 50.4 Å². The summed E-state index contributed by atoms with van der Waals surface area (Å²) in [6, 6.07) is 0. The Balaban J connectivity index is 1.90. The largest absolute Gasteiger partial charge is 0.275 e. The van der Waals surface area contributed by atoms with Crippen molar-refractivity contribution in [3.05, 3.63) is 0 Å². The first kappa shape index (κ1) is 12.0. The number of carbonyl (C=O) groups excluding carboxylic acids is 1. The van der Waals surface area contributed by atoms with Crippen LogP contribution < -0.4 is 0 Å². The number of alkyl halides is 1. The van der Waals surface area contributed by atoms with Gasteiger partial charge in [-0.3, -0.25) is 9.63 Å². The van der Waals surface area contributed by atoms with E-state index in [0.717, 1.165) is 31.1 Å². The van der Waals surface area contributed by atoms with Gasteiger partial charge >= 0.3 is 0 Å². The van der Waals surface area contributed by atoms with Crippen LogP contribution in [0.25, 0.3) is 0 Å². The molecular formula is C13H20BrNO2. The van der Waals surface area contributed by atoms with Crippen molar-refractivity contribution in [3.8, 4) is 0 Å². The van der Waals surface area contributed by atoms with Crippen LogP contribution in [-0.2, 0) is 9.63 Å². The maximum Gasteiger partial charge on any atom is 0.252 e. The Morgan fingerprint density at radius 1 is 1.29 bits per heavy atom. The highest BCUT2D eigenvalue weighted by Crippen LogP contribution is 2.64. The molecule has 0 spiro atoms. The molecule has 4 aliphatic carbocycles. The summed E-state index contributed by atoms with van der Waals surface area (Å²) in [6.07, 6.45) is 7.00. The van der Waals surface area contributed by atoms with Crippen LogP contribution in [0.1, 0.15) is 38.5 Å². The van der Waals surface area contributed by atoms with Crippen molar-refractivity contribution in [2.24, 2.45) is 17.3 Å². The quantitative estimate of drug-likeness (QED) is 0.580. The third kappa shape index (κ3) is 1.75. The second-order valence-corrected chi connectivity index (χ2v) is 8.06. The van der Waals surface area contributed by atoms with E-state index >= 15 is 0 Å². The van der Waals surface area contributed by atoms with E-state index < -0.39 is 0 Å². The Morgan fingerprint density at radius 2 is 1.88 bits per heavy atom. The zero-order valence-corrected chi connectivity index (χ0v) is 12.1. The maximum atomic E-state index is 12.6. The second-order valence-electron chi connectivity index (χ2n) is 6.38. The van der Waals surface area contributed by atoms with Gasteiger partial charge in [0.1, 0.15) is 0 Å². The number of hydroxylamine groups is 2. The predicted octanol–water partition coefficient (Wildman–Crippen LogP) is 2.74. The fourth-order valence-corrected chi connectivity index (χ4v) is 6.27. The summed E-state index contributed by atoms with van der Waals surface area (Å²) in [5.74, 6) is 1.67. The van der Waals surface area contributed by atoms with Crippen LogP contribution in [0.3, 0.4) is 0 Å². The zero-order valence-electron chi connectivity index (χ0n) is 10.5. The van der Waals surface area contributed by atoms with Gasteiger partial charge in [-0.15, -0.1) is 0 Å². The summed E-state index contributed by atoms with van der Waals surface area (Å²) in [5.41, 5.74) is -0.141. The van der Waals surface area contributed by atoms with E-state index in [9.17, 15) is 4.79 Å². The molecule has 3 nitrogen and oxygen atoms in total. The third-order valence-electron chi connectivity index (χ3n) is 5.00. The van der Waals surface area contributed by atoms with Crippen LogP contribution in [0.15, 0.2) is 0 Å². The van der Waals surface area contributed by atoms with Gasteiger partial charge in [-0.25, -0.2) is 5.06 Å². The molecule has 0 heterocycles. The number of amides is 1. The molecule has 4 rings (SSSR count). The highest BCUT2D eigenvalue weighted by atomic mass is 79.9. The average Bonchev–Trinajstić information content (AvgIpc) is 2.23. The first-order valence-corrected chi connectivity index (χ1v) is 7.27. The maximum absolute atomic E-state index is 12.6. The Bertz CT molecular complexity index is 343. The molecule has 0 aromatic rings. The fraction of sp³-hybridized carbons (Fsp3) is 0.923. The van der Waals surface area contributed by atoms with Crippen molar-refractivity contribution in [1.82, 2.24) is 5.06 Å². The second kappa shape index (κ2) is 3.70. The summed E-state index contributed by atoms with van der Waals surface area (Å²) >= 11 is 3.92. The molecule has 0 aliphatic heterocycles. The normalized spacial score (nSPS) is 47.2.